The molecule has 0 aliphatic carbocycles. The second kappa shape index (κ2) is 5.98. The fraction of sp³-hybridized carbons (Fsp3) is 0.208. The number of pyridine rings is 2. The summed E-state index contributed by atoms with van der Waals surface area (Å²) in [5.74, 6) is 0.646. The third-order valence-corrected chi connectivity index (χ3v) is 5.37. The Bertz CT molecular complexity index is 1300. The van der Waals surface area contributed by atoms with Gasteiger partial charge in [0.05, 0.1) is 0 Å². The largest absolute Gasteiger partial charge is 0.374 e. The maximum Gasteiger partial charge on any atom is 0.292 e. The Hall–Kier alpha value is -3.07. The summed E-state index contributed by atoms with van der Waals surface area (Å²) >= 11 is 0. The number of aromatic nitrogens is 2. The molecule has 0 N–H and O–H groups in total. The minimum absolute atomic E-state index is 0.646. The van der Waals surface area contributed by atoms with Crippen molar-refractivity contribution in [1.82, 2.24) is 4.40 Å². The van der Waals surface area contributed by atoms with Crippen LogP contribution in [0.15, 0.2) is 72.9 Å². The third kappa shape index (κ3) is 2.54. The molecule has 0 aliphatic heterocycles. The van der Waals surface area contributed by atoms with Gasteiger partial charge in [-0.05, 0) is 48.4 Å². The Morgan fingerprint density at radius 3 is 2.59 bits per heavy atom. The van der Waals surface area contributed by atoms with E-state index in [9.17, 15) is 0 Å². The zero-order valence-corrected chi connectivity index (χ0v) is 16.1. The first kappa shape index (κ1) is 16.1. The summed E-state index contributed by atoms with van der Waals surface area (Å²) < 4.78 is 4.65. The summed E-state index contributed by atoms with van der Waals surface area (Å²) in [5, 5.41) is 2.52. The summed E-state index contributed by atoms with van der Waals surface area (Å²) in [4.78, 5) is 2.34. The molecule has 5 aromatic rings. The molecule has 0 saturated carbocycles. The van der Waals surface area contributed by atoms with Crippen molar-refractivity contribution < 1.29 is 4.40 Å². The van der Waals surface area contributed by atoms with Crippen molar-refractivity contribution in [3.05, 3.63) is 72.9 Å². The highest BCUT2D eigenvalue weighted by atomic mass is 15.1. The minimum Gasteiger partial charge on any atom is -0.374 e. The van der Waals surface area contributed by atoms with E-state index in [1.807, 2.05) is 0 Å². The molecule has 5 rings (SSSR count). The van der Waals surface area contributed by atoms with Crippen LogP contribution in [0, 0.1) is 5.92 Å². The molecule has 0 bridgehead atoms. The molecule has 3 aromatic heterocycles. The van der Waals surface area contributed by atoms with Crippen LogP contribution >= 0.6 is 0 Å². The summed E-state index contributed by atoms with van der Waals surface area (Å²) in [7, 11) is 2.17. The molecule has 0 aliphatic rings. The molecule has 0 amide bonds. The summed E-state index contributed by atoms with van der Waals surface area (Å²) in [6.07, 6.45) is 2.24. The molecule has 0 fully saturated rings. The van der Waals surface area contributed by atoms with Crippen LogP contribution in [0.1, 0.15) is 13.8 Å². The van der Waals surface area contributed by atoms with E-state index in [2.05, 4.69) is 108 Å². The average Bonchev–Trinajstić information content (AvgIpc) is 3.06. The van der Waals surface area contributed by atoms with E-state index in [0.717, 1.165) is 6.54 Å². The van der Waals surface area contributed by atoms with Gasteiger partial charge in [0.15, 0.2) is 5.52 Å². The molecule has 3 nitrogen and oxygen atoms in total. The van der Waals surface area contributed by atoms with Crippen molar-refractivity contribution in [3.8, 4) is 0 Å². The van der Waals surface area contributed by atoms with E-state index in [4.69, 9.17) is 0 Å². The van der Waals surface area contributed by atoms with Gasteiger partial charge in [0.2, 0.25) is 0 Å². The van der Waals surface area contributed by atoms with Gasteiger partial charge < -0.3 is 4.90 Å². The molecule has 0 atom stereocenters. The first-order valence-corrected chi connectivity index (χ1v) is 9.60. The summed E-state index contributed by atoms with van der Waals surface area (Å²) in [5.41, 5.74) is 6.15. The number of anilines is 1. The van der Waals surface area contributed by atoms with Crippen LogP contribution in [0.4, 0.5) is 5.69 Å². The van der Waals surface area contributed by atoms with Gasteiger partial charge in [0.25, 0.3) is 5.65 Å². The van der Waals surface area contributed by atoms with Gasteiger partial charge in [-0.2, -0.15) is 8.80 Å². The molecular weight excluding hydrogens is 330 g/mol. The Labute approximate surface area is 159 Å². The van der Waals surface area contributed by atoms with E-state index < -0.39 is 0 Å². The molecule has 0 spiro atoms. The van der Waals surface area contributed by atoms with Crippen molar-refractivity contribution >= 4 is 38.7 Å². The normalized spacial score (nSPS) is 12.0. The predicted molar refractivity (Wildman–Crippen MR) is 114 cm³/mol. The average molecular weight is 354 g/mol. The number of rotatable bonds is 3. The van der Waals surface area contributed by atoms with Crippen LogP contribution in [-0.2, 0) is 0 Å². The number of hydrogen-bond donors (Lipinski definition) is 0. The molecule has 3 heteroatoms. The lowest BCUT2D eigenvalue weighted by Crippen LogP contribution is -2.23. The number of nitrogens with zero attached hydrogens (tertiary/aromatic N) is 3. The monoisotopic (exact) mass is 354 g/mol. The van der Waals surface area contributed by atoms with Crippen molar-refractivity contribution in [2.75, 3.05) is 18.5 Å². The summed E-state index contributed by atoms with van der Waals surface area (Å²) in [6, 6.07) is 24.2. The topological polar surface area (TPSA) is 11.8 Å². The Morgan fingerprint density at radius 2 is 1.74 bits per heavy atom. The van der Waals surface area contributed by atoms with Crippen molar-refractivity contribution in [2.45, 2.75) is 13.8 Å². The van der Waals surface area contributed by atoms with Crippen LogP contribution in [0.3, 0.4) is 0 Å². The fourth-order valence-corrected chi connectivity index (χ4v) is 4.18. The molecule has 27 heavy (non-hydrogen) atoms. The van der Waals surface area contributed by atoms with E-state index in [1.165, 1.54) is 38.7 Å². The number of imidazole rings is 1. The zero-order chi connectivity index (χ0) is 18.5. The van der Waals surface area contributed by atoms with Gasteiger partial charge in [-0.1, -0.05) is 32.0 Å². The zero-order valence-electron chi connectivity index (χ0n) is 16.1. The lowest BCUT2D eigenvalue weighted by Gasteiger charge is -2.21. The van der Waals surface area contributed by atoms with Gasteiger partial charge in [-0.3, -0.25) is 0 Å². The number of benzene rings is 2. The third-order valence-electron chi connectivity index (χ3n) is 5.37. The minimum atomic E-state index is 0.646. The number of hydrogen-bond acceptors (Lipinski definition) is 1. The molecule has 0 radical (unpaired) electrons. The van der Waals surface area contributed by atoms with Crippen molar-refractivity contribution in [1.29, 1.82) is 0 Å². The number of para-hydroxylation sites is 1. The Balaban J connectivity index is 1.76. The maximum atomic E-state index is 2.34. The van der Waals surface area contributed by atoms with Crippen LogP contribution in [0.2, 0.25) is 0 Å². The van der Waals surface area contributed by atoms with Crippen molar-refractivity contribution in [3.63, 3.8) is 0 Å². The van der Waals surface area contributed by atoms with Crippen LogP contribution in [-0.4, -0.2) is 18.0 Å². The van der Waals surface area contributed by atoms with E-state index in [-0.39, 0.29) is 0 Å². The van der Waals surface area contributed by atoms with Crippen LogP contribution in [0.5, 0.6) is 0 Å². The first-order valence-electron chi connectivity index (χ1n) is 9.60. The van der Waals surface area contributed by atoms with E-state index >= 15 is 0 Å². The standard InChI is InChI=1S/C24H24N3/c1-17(2)15-25(3)20-11-12-22-19(14-20)9-13-24-26(22)16-21-10-8-18-6-4-5-7-23(18)27(21)24/h4-14,16-17H,15H2,1-3H3/q+1. The van der Waals surface area contributed by atoms with E-state index in [1.54, 1.807) is 0 Å². The fourth-order valence-electron chi connectivity index (χ4n) is 4.18. The molecule has 0 unspecified atom stereocenters. The van der Waals surface area contributed by atoms with Gasteiger partial charge in [-0.15, -0.1) is 0 Å². The quantitative estimate of drug-likeness (QED) is 0.412. The highest BCUT2D eigenvalue weighted by molar-refractivity contribution is 5.86. The number of fused-ring (bicyclic) bond motifs is 7. The second-order valence-electron chi connectivity index (χ2n) is 7.86. The molecule has 3 heterocycles. The van der Waals surface area contributed by atoms with E-state index in [0.29, 0.717) is 5.92 Å². The van der Waals surface area contributed by atoms with Gasteiger partial charge in [0, 0.05) is 36.1 Å². The lowest BCUT2D eigenvalue weighted by atomic mass is 10.1. The highest BCUT2D eigenvalue weighted by Crippen LogP contribution is 2.24. The van der Waals surface area contributed by atoms with Crippen LogP contribution < -0.4 is 9.30 Å². The lowest BCUT2D eigenvalue weighted by molar-refractivity contribution is -0.479. The molecular formula is C24H24N3+. The first-order chi connectivity index (χ1) is 13.1. The molecule has 2 aromatic carbocycles. The van der Waals surface area contributed by atoms with Crippen LogP contribution in [0.25, 0.3) is 33.0 Å². The summed E-state index contributed by atoms with van der Waals surface area (Å²) in [6.45, 7) is 5.57. The predicted octanol–water partition coefficient (Wildman–Crippen LogP) is 5.08. The maximum absolute atomic E-state index is 2.34. The second-order valence-corrected chi connectivity index (χ2v) is 7.86. The Morgan fingerprint density at radius 1 is 0.926 bits per heavy atom. The van der Waals surface area contributed by atoms with Gasteiger partial charge in [0.1, 0.15) is 17.2 Å². The SMILES string of the molecule is CC(C)CN(C)c1ccc2c(ccc3n4c(ccc5ccccc54)c[n+]23)c1. The molecule has 134 valence electrons. The van der Waals surface area contributed by atoms with Gasteiger partial charge >= 0.3 is 0 Å². The smallest absolute Gasteiger partial charge is 0.292 e. The highest BCUT2D eigenvalue weighted by Gasteiger charge is 2.17. The van der Waals surface area contributed by atoms with Crippen molar-refractivity contribution in [2.24, 2.45) is 5.92 Å². The van der Waals surface area contributed by atoms with Gasteiger partial charge in [-0.25, -0.2) is 0 Å². The Kier molecular flexibility index (Phi) is 3.57. The molecule has 0 saturated heterocycles.